The molecule has 2 aromatic carbocycles. The Morgan fingerprint density at radius 1 is 1.12 bits per heavy atom. The fraction of sp³-hybridized carbons (Fsp3) is 0.320. The van der Waals surface area contributed by atoms with Crippen LogP contribution in [-0.2, 0) is 23.6 Å². The number of anilines is 1. The number of ether oxygens (including phenoxy) is 1. The summed E-state index contributed by atoms with van der Waals surface area (Å²) in [5.41, 5.74) is 2.21. The number of amides is 1. The van der Waals surface area contributed by atoms with Gasteiger partial charge in [-0.3, -0.25) is 4.79 Å². The summed E-state index contributed by atoms with van der Waals surface area (Å²) >= 11 is 1.53. The number of para-hydroxylation sites is 1. The number of piperazine rings is 1. The number of halogens is 1. The summed E-state index contributed by atoms with van der Waals surface area (Å²) in [6.45, 7) is 7.04. The Hall–Kier alpha value is -3.17. The zero-order valence-corrected chi connectivity index (χ0v) is 20.0. The van der Waals surface area contributed by atoms with Crippen LogP contribution < -0.4 is 4.90 Å². The minimum atomic E-state index is -0.234. The second-order valence-electron chi connectivity index (χ2n) is 7.91. The Morgan fingerprint density at radius 3 is 2.59 bits per heavy atom. The van der Waals surface area contributed by atoms with Crippen molar-refractivity contribution in [2.24, 2.45) is 0 Å². The molecule has 2 heterocycles. The third kappa shape index (κ3) is 5.31. The average Bonchev–Trinajstić information content (AvgIpc) is 3.24. The molecule has 0 atom stereocenters. The first-order chi connectivity index (χ1) is 16.6. The summed E-state index contributed by atoms with van der Waals surface area (Å²) in [4.78, 5) is 17.2. The van der Waals surface area contributed by atoms with Crippen LogP contribution in [0.3, 0.4) is 0 Å². The molecule has 1 amide bonds. The van der Waals surface area contributed by atoms with Crippen molar-refractivity contribution in [2.75, 3.05) is 38.2 Å². The molecule has 178 valence electrons. The van der Waals surface area contributed by atoms with E-state index in [-0.39, 0.29) is 11.7 Å². The largest absolute Gasteiger partial charge is 0.377 e. The molecule has 7 nitrogen and oxygen atoms in total. The first-order valence-corrected chi connectivity index (χ1v) is 12.1. The molecular formula is C25H28FN5O2S. The van der Waals surface area contributed by atoms with Gasteiger partial charge in [0.1, 0.15) is 12.4 Å². The molecule has 4 rings (SSSR count). The zero-order valence-electron chi connectivity index (χ0n) is 19.2. The number of hydrogen-bond acceptors (Lipinski definition) is 6. The highest BCUT2D eigenvalue weighted by Gasteiger charge is 2.25. The highest BCUT2D eigenvalue weighted by Crippen LogP contribution is 2.26. The predicted octanol–water partition coefficient (Wildman–Crippen LogP) is 4.00. The van der Waals surface area contributed by atoms with Crippen molar-refractivity contribution in [2.45, 2.75) is 24.1 Å². The number of methoxy groups -OCH3 is 1. The summed E-state index contributed by atoms with van der Waals surface area (Å²) in [5, 5.41) is 9.27. The molecule has 3 aromatic rings. The molecular weight excluding hydrogens is 453 g/mol. The van der Waals surface area contributed by atoms with E-state index < -0.39 is 0 Å². The van der Waals surface area contributed by atoms with Crippen LogP contribution in [0.25, 0.3) is 0 Å². The van der Waals surface area contributed by atoms with Crippen molar-refractivity contribution in [3.05, 3.63) is 84.0 Å². The highest BCUT2D eigenvalue weighted by molar-refractivity contribution is 7.98. The van der Waals surface area contributed by atoms with Gasteiger partial charge >= 0.3 is 0 Å². The fourth-order valence-electron chi connectivity index (χ4n) is 4.00. The van der Waals surface area contributed by atoms with Crippen LogP contribution in [0.5, 0.6) is 0 Å². The van der Waals surface area contributed by atoms with Gasteiger partial charge < -0.3 is 19.1 Å². The first-order valence-electron chi connectivity index (χ1n) is 11.1. The summed E-state index contributed by atoms with van der Waals surface area (Å²) < 4.78 is 21.3. The van der Waals surface area contributed by atoms with Gasteiger partial charge in [0.15, 0.2) is 11.0 Å². The van der Waals surface area contributed by atoms with E-state index in [4.69, 9.17) is 4.74 Å². The van der Waals surface area contributed by atoms with Gasteiger partial charge in [-0.1, -0.05) is 48.2 Å². The first kappa shape index (κ1) is 24.0. The molecule has 1 saturated heterocycles. The number of rotatable bonds is 9. The molecule has 0 spiro atoms. The Morgan fingerprint density at radius 2 is 1.85 bits per heavy atom. The molecule has 9 heteroatoms. The van der Waals surface area contributed by atoms with Gasteiger partial charge in [-0.05, 0) is 23.8 Å². The molecule has 1 fully saturated rings. The van der Waals surface area contributed by atoms with Crippen LogP contribution in [0.4, 0.5) is 10.1 Å². The lowest BCUT2D eigenvalue weighted by atomic mass is 10.1. The van der Waals surface area contributed by atoms with Crippen LogP contribution >= 0.6 is 11.8 Å². The Kier molecular flexibility index (Phi) is 7.97. The molecule has 1 aliphatic rings. The minimum Gasteiger partial charge on any atom is -0.377 e. The minimum absolute atomic E-state index is 0.00276. The molecule has 0 unspecified atom stereocenters. The number of aromatic nitrogens is 3. The van der Waals surface area contributed by atoms with E-state index in [2.05, 4.69) is 16.8 Å². The van der Waals surface area contributed by atoms with Crippen molar-refractivity contribution < 1.29 is 13.9 Å². The van der Waals surface area contributed by atoms with E-state index in [1.165, 1.54) is 17.8 Å². The zero-order chi connectivity index (χ0) is 23.9. The fourth-order valence-corrected chi connectivity index (χ4v) is 4.97. The molecule has 34 heavy (non-hydrogen) atoms. The number of carbonyl (C=O) groups excluding carboxylic acids is 1. The van der Waals surface area contributed by atoms with Crippen molar-refractivity contribution in [3.63, 3.8) is 0 Å². The SMILES string of the molecule is C=CCn1c(COC)nnc1SCc1ccccc1C(=O)N1CCN(c2ccccc2F)CC1. The van der Waals surface area contributed by atoms with Gasteiger partial charge in [0.05, 0.1) is 5.69 Å². The van der Waals surface area contributed by atoms with Crippen molar-refractivity contribution in [1.82, 2.24) is 19.7 Å². The third-order valence-corrected chi connectivity index (χ3v) is 6.76. The monoisotopic (exact) mass is 481 g/mol. The maximum atomic E-state index is 14.1. The van der Waals surface area contributed by atoms with Crippen molar-refractivity contribution in [1.29, 1.82) is 0 Å². The van der Waals surface area contributed by atoms with Gasteiger partial charge in [0.25, 0.3) is 5.91 Å². The number of thioether (sulfide) groups is 1. The average molecular weight is 482 g/mol. The van der Waals surface area contributed by atoms with E-state index in [1.54, 1.807) is 25.3 Å². The van der Waals surface area contributed by atoms with Gasteiger partial charge in [-0.15, -0.1) is 16.8 Å². The van der Waals surface area contributed by atoms with E-state index in [1.807, 2.05) is 44.7 Å². The van der Waals surface area contributed by atoms with Gasteiger partial charge in [0.2, 0.25) is 0 Å². The number of allylic oxidation sites excluding steroid dienone is 1. The number of carbonyl (C=O) groups is 1. The summed E-state index contributed by atoms with van der Waals surface area (Å²) in [7, 11) is 1.62. The molecule has 0 N–H and O–H groups in total. The number of hydrogen-bond donors (Lipinski definition) is 0. The standard InChI is InChI=1S/C25H28FN5O2S/c1-3-12-31-23(17-33-2)27-28-25(31)34-18-19-8-4-5-9-20(19)24(32)30-15-13-29(14-16-30)22-11-7-6-10-21(22)26/h3-11H,1,12-18H2,2H3. The molecule has 0 aliphatic carbocycles. The number of benzene rings is 2. The second-order valence-corrected chi connectivity index (χ2v) is 8.85. The summed E-state index contributed by atoms with van der Waals surface area (Å²) in [5.74, 6) is 1.08. The van der Waals surface area contributed by atoms with Crippen LogP contribution in [0.2, 0.25) is 0 Å². The second kappa shape index (κ2) is 11.3. The van der Waals surface area contributed by atoms with Gasteiger partial charge in [-0.2, -0.15) is 0 Å². The number of nitrogens with zero attached hydrogens (tertiary/aromatic N) is 5. The maximum Gasteiger partial charge on any atom is 0.254 e. The van der Waals surface area contributed by atoms with Crippen molar-refractivity contribution in [3.8, 4) is 0 Å². The predicted molar refractivity (Wildman–Crippen MR) is 131 cm³/mol. The van der Waals surface area contributed by atoms with Crippen LogP contribution in [0.15, 0.2) is 66.3 Å². The van der Waals surface area contributed by atoms with Crippen molar-refractivity contribution >= 4 is 23.4 Å². The Labute approximate surface area is 203 Å². The van der Waals surface area contributed by atoms with Crippen LogP contribution in [0.1, 0.15) is 21.7 Å². The van der Waals surface area contributed by atoms with Crippen LogP contribution in [0, 0.1) is 5.82 Å². The quantitative estimate of drug-likeness (QED) is 0.340. The van der Waals surface area contributed by atoms with Gasteiger partial charge in [-0.25, -0.2) is 4.39 Å². The van der Waals surface area contributed by atoms with E-state index in [0.29, 0.717) is 56.3 Å². The van der Waals surface area contributed by atoms with E-state index >= 15 is 0 Å². The van der Waals surface area contributed by atoms with Crippen LogP contribution in [-0.4, -0.2) is 58.9 Å². The van der Waals surface area contributed by atoms with Gasteiger partial charge in [0, 0.05) is 51.1 Å². The molecule has 0 bridgehead atoms. The summed E-state index contributed by atoms with van der Waals surface area (Å²) in [6, 6.07) is 14.4. The lowest BCUT2D eigenvalue weighted by Gasteiger charge is -2.36. The van der Waals surface area contributed by atoms with E-state index in [0.717, 1.165) is 16.5 Å². The lowest BCUT2D eigenvalue weighted by molar-refractivity contribution is 0.0746. The van der Waals surface area contributed by atoms with E-state index in [9.17, 15) is 9.18 Å². The maximum absolute atomic E-state index is 14.1. The topological polar surface area (TPSA) is 63.5 Å². The molecule has 1 aromatic heterocycles. The third-order valence-electron chi connectivity index (χ3n) is 5.74. The molecule has 1 aliphatic heterocycles. The normalized spacial score (nSPS) is 13.8. The smallest absolute Gasteiger partial charge is 0.254 e. The summed E-state index contributed by atoms with van der Waals surface area (Å²) in [6.07, 6.45) is 1.80. The lowest BCUT2D eigenvalue weighted by Crippen LogP contribution is -2.49. The Bertz CT molecular complexity index is 1140. The molecule has 0 radical (unpaired) electrons. The molecule has 0 saturated carbocycles. The highest BCUT2D eigenvalue weighted by atomic mass is 32.2. The Balaban J connectivity index is 1.43.